The molecule has 0 N–H and O–H groups in total. The van der Waals surface area contributed by atoms with Crippen LogP contribution in [-0.2, 0) is 0 Å². The Morgan fingerprint density at radius 2 is 1.00 bits per heavy atom. The van der Waals surface area contributed by atoms with E-state index in [1.54, 1.807) is 0 Å². The third-order valence-electron chi connectivity index (χ3n) is 3.06. The summed E-state index contributed by atoms with van der Waals surface area (Å²) in [4.78, 5) is 9.23. The van der Waals surface area contributed by atoms with Crippen LogP contribution in [0.25, 0.3) is 0 Å². The molecule has 2 rings (SSSR count). The number of pyridine rings is 2. The molecule has 0 aliphatic carbocycles. The Bertz CT molecular complexity index is 625. The molecule has 2 aromatic rings. The van der Waals surface area contributed by atoms with Crippen LogP contribution in [0.4, 0.5) is 0 Å². The number of aryl methyl sites for hydroxylation is 6. The molecule has 2 heterocycles. The van der Waals surface area contributed by atoms with E-state index in [-0.39, 0.29) is 21.2 Å². The van der Waals surface area contributed by atoms with Gasteiger partial charge in [0.25, 0.3) is 0 Å². The van der Waals surface area contributed by atoms with Crippen molar-refractivity contribution >= 4 is 0 Å². The van der Waals surface area contributed by atoms with Gasteiger partial charge in [-0.05, 0) is 53.7 Å². The van der Waals surface area contributed by atoms with Crippen molar-refractivity contribution in [1.29, 1.82) is 0 Å². The van der Waals surface area contributed by atoms with Crippen LogP contribution < -0.4 is 39.8 Å². The van der Waals surface area contributed by atoms with Crippen molar-refractivity contribution in [3.8, 4) is 0 Å². The van der Waals surface area contributed by atoms with Crippen molar-refractivity contribution in [2.24, 2.45) is 0 Å². The standard InChI is InChI=1S/C16H20IN2.ClHO4/c1-9-7-11(3)18-13(5)15(9)17-16-10(2)8-12(4)19-14(16)6;2-1(3,4)5/h7-8H,1-6H3;(H,2,3,4,5)/q+1;/p-1. The number of hydrogen-bond acceptors (Lipinski definition) is 6. The van der Waals surface area contributed by atoms with E-state index in [4.69, 9.17) is 18.6 Å². The van der Waals surface area contributed by atoms with E-state index in [1.165, 1.54) is 29.7 Å². The van der Waals surface area contributed by atoms with Gasteiger partial charge in [0.05, 0.1) is 11.4 Å². The zero-order valence-electron chi connectivity index (χ0n) is 14.4. The summed E-state index contributed by atoms with van der Waals surface area (Å²) < 4.78 is 36.9. The first-order valence-electron chi connectivity index (χ1n) is 7.04. The molecule has 0 aromatic carbocycles. The van der Waals surface area contributed by atoms with Crippen LogP contribution in [0.15, 0.2) is 12.1 Å². The first-order chi connectivity index (χ1) is 10.9. The average Bonchev–Trinajstić information content (AvgIpc) is 2.33. The molecule has 6 nitrogen and oxygen atoms in total. The smallest absolute Gasteiger partial charge is 0.254 e. The maximum atomic E-state index is 8.49. The zero-order valence-corrected chi connectivity index (χ0v) is 17.4. The van der Waals surface area contributed by atoms with E-state index in [2.05, 4.69) is 63.6 Å². The lowest BCUT2D eigenvalue weighted by atomic mass is 10.2. The number of hydrogen-bond donors (Lipinski definition) is 0. The Kier molecular flexibility index (Phi) is 7.51. The molecule has 0 aliphatic heterocycles. The van der Waals surface area contributed by atoms with Gasteiger partial charge in [-0.15, -0.1) is 10.2 Å². The molecule has 0 bridgehead atoms. The summed E-state index contributed by atoms with van der Waals surface area (Å²) in [5, 5.41) is 0. The Morgan fingerprint density at radius 1 is 0.708 bits per heavy atom. The molecule has 0 unspecified atom stereocenters. The van der Waals surface area contributed by atoms with Gasteiger partial charge in [0, 0.05) is 22.5 Å². The molecule has 24 heavy (non-hydrogen) atoms. The van der Waals surface area contributed by atoms with Crippen LogP contribution >= 0.6 is 0 Å². The minimum atomic E-state index is -4.94. The van der Waals surface area contributed by atoms with E-state index in [9.17, 15) is 0 Å². The first kappa shape index (κ1) is 21.2. The van der Waals surface area contributed by atoms with Crippen molar-refractivity contribution in [3.63, 3.8) is 0 Å². The van der Waals surface area contributed by atoms with Crippen LogP contribution in [0.1, 0.15) is 33.9 Å². The van der Waals surface area contributed by atoms with Crippen LogP contribution in [-0.4, -0.2) is 9.97 Å². The van der Waals surface area contributed by atoms with Gasteiger partial charge >= 0.3 is 21.2 Å². The molecule has 8 heteroatoms. The third kappa shape index (κ3) is 6.96. The Morgan fingerprint density at radius 3 is 1.25 bits per heavy atom. The largest absolute Gasteiger partial charge is 0.362 e. The van der Waals surface area contributed by atoms with E-state index < -0.39 is 10.2 Å². The van der Waals surface area contributed by atoms with Gasteiger partial charge in [0.2, 0.25) is 7.14 Å². The SMILES string of the molecule is Cc1cc(C)c([I+]c2c(C)cc(C)nc2C)c(C)n1.[O-][Cl+3]([O-])([O-])[O-]. The molecule has 2 aromatic heterocycles. The molecule has 0 spiro atoms. The highest BCUT2D eigenvalue weighted by atomic mass is 127. The second kappa shape index (κ2) is 8.50. The van der Waals surface area contributed by atoms with Crippen LogP contribution in [0, 0.1) is 58.9 Å². The normalized spacial score (nSPS) is 11.1. The van der Waals surface area contributed by atoms with Crippen molar-refractivity contribution in [3.05, 3.63) is 53.2 Å². The van der Waals surface area contributed by atoms with E-state index in [1.807, 2.05) is 0 Å². The second-order valence-electron chi connectivity index (χ2n) is 5.43. The molecule has 0 atom stereocenters. The summed E-state index contributed by atoms with van der Waals surface area (Å²) in [5.74, 6) is 0. The van der Waals surface area contributed by atoms with Crippen LogP contribution in [0.5, 0.6) is 0 Å². The second-order valence-corrected chi connectivity index (χ2v) is 8.89. The lowest BCUT2D eigenvalue weighted by Gasteiger charge is -2.17. The summed E-state index contributed by atoms with van der Waals surface area (Å²) in [7, 11) is -4.94. The fourth-order valence-electron chi connectivity index (χ4n) is 2.40. The lowest BCUT2D eigenvalue weighted by Crippen LogP contribution is -3.62. The highest BCUT2D eigenvalue weighted by Crippen LogP contribution is 2.06. The van der Waals surface area contributed by atoms with Gasteiger partial charge in [-0.25, -0.2) is 18.6 Å². The molecule has 0 saturated carbocycles. The van der Waals surface area contributed by atoms with E-state index in [0.717, 1.165) is 11.4 Å². The summed E-state index contributed by atoms with van der Waals surface area (Å²) in [6, 6.07) is 4.38. The summed E-state index contributed by atoms with van der Waals surface area (Å²) in [6.45, 7) is 12.8. The highest BCUT2D eigenvalue weighted by molar-refractivity contribution is 5.21. The molecular weight excluding hydrogens is 447 g/mol. The van der Waals surface area contributed by atoms with Crippen LogP contribution in [0.3, 0.4) is 0 Å². The number of aromatic nitrogens is 2. The van der Waals surface area contributed by atoms with Gasteiger partial charge in [-0.1, -0.05) is 0 Å². The number of halogens is 2. The monoisotopic (exact) mass is 466 g/mol. The third-order valence-corrected chi connectivity index (χ3v) is 7.40. The molecule has 0 fully saturated rings. The van der Waals surface area contributed by atoms with Crippen LogP contribution in [0.2, 0.25) is 0 Å². The van der Waals surface area contributed by atoms with Gasteiger partial charge in [0.1, 0.15) is 0 Å². The quantitative estimate of drug-likeness (QED) is 0.413. The summed E-state index contributed by atoms with van der Waals surface area (Å²) >= 11 is -0.209. The Labute approximate surface area is 154 Å². The zero-order chi connectivity index (χ0) is 18.7. The summed E-state index contributed by atoms with van der Waals surface area (Å²) in [5.41, 5.74) is 7.33. The fraction of sp³-hybridized carbons (Fsp3) is 0.375. The van der Waals surface area contributed by atoms with Crippen molar-refractivity contribution in [2.75, 3.05) is 0 Å². The molecule has 0 saturated heterocycles. The van der Waals surface area contributed by atoms with Gasteiger partial charge in [0.15, 0.2) is 0 Å². The van der Waals surface area contributed by atoms with Gasteiger partial charge in [-0.3, -0.25) is 9.97 Å². The van der Waals surface area contributed by atoms with Crippen molar-refractivity contribution < 1.29 is 50.1 Å². The Balaban J connectivity index is 0.000000505. The minimum Gasteiger partial charge on any atom is -0.254 e. The van der Waals surface area contributed by atoms with Gasteiger partial charge in [-0.2, -0.15) is 0 Å². The number of nitrogens with zero attached hydrogens (tertiary/aromatic N) is 2. The van der Waals surface area contributed by atoms with E-state index >= 15 is 0 Å². The highest BCUT2D eigenvalue weighted by Gasteiger charge is 2.26. The predicted molar refractivity (Wildman–Crippen MR) is 74.3 cm³/mol. The maximum Gasteiger partial charge on any atom is 0.362 e. The maximum absolute atomic E-state index is 8.49. The first-order valence-corrected chi connectivity index (χ1v) is 10.4. The molecule has 0 aliphatic rings. The van der Waals surface area contributed by atoms with Crippen molar-refractivity contribution in [1.82, 2.24) is 9.97 Å². The molecule has 0 amide bonds. The Hall–Kier alpha value is -0.840. The summed E-state index contributed by atoms with van der Waals surface area (Å²) in [6.07, 6.45) is 0. The predicted octanol–water partition coefficient (Wildman–Crippen LogP) is -4.30. The van der Waals surface area contributed by atoms with E-state index in [0.29, 0.717) is 0 Å². The lowest BCUT2D eigenvalue weighted by molar-refractivity contribution is -2.00. The van der Waals surface area contributed by atoms with Crippen molar-refractivity contribution in [2.45, 2.75) is 41.5 Å². The molecular formula is C16H20ClIN2O4. The molecule has 0 radical (unpaired) electrons. The topological polar surface area (TPSA) is 118 Å². The minimum absolute atomic E-state index is 0.209. The number of rotatable bonds is 2. The van der Waals surface area contributed by atoms with Gasteiger partial charge < -0.3 is 0 Å². The molecule has 132 valence electrons. The fourth-order valence-corrected chi connectivity index (χ4v) is 5.12. The average molecular weight is 467 g/mol.